The van der Waals surface area contributed by atoms with Crippen LogP contribution in [0.3, 0.4) is 0 Å². The molecular weight excluding hydrogens is 252 g/mol. The minimum Gasteiger partial charge on any atom is -0.481 e. The van der Waals surface area contributed by atoms with E-state index in [4.69, 9.17) is 5.11 Å². The van der Waals surface area contributed by atoms with E-state index in [2.05, 4.69) is 4.98 Å². The maximum Gasteiger partial charge on any atom is 0.303 e. The predicted octanol–water partition coefficient (Wildman–Crippen LogP) is 3.41. The molecule has 3 nitrogen and oxygen atoms in total. The molecule has 2 N–H and O–H groups in total. The van der Waals surface area contributed by atoms with Gasteiger partial charge in [0.2, 0.25) is 0 Å². The number of aromatic amines is 1. The maximum absolute atomic E-state index is 14.4. The zero-order chi connectivity index (χ0) is 13.6. The molecule has 0 saturated heterocycles. The average Bonchev–Trinajstić information content (AvgIpc) is 3.07. The van der Waals surface area contributed by atoms with Crippen molar-refractivity contribution in [1.29, 1.82) is 0 Å². The molecule has 1 aromatic heterocycles. The van der Waals surface area contributed by atoms with Crippen LogP contribution in [-0.2, 0) is 4.79 Å². The van der Waals surface area contributed by atoms with E-state index in [1.165, 1.54) is 6.07 Å². The third kappa shape index (κ3) is 2.09. The molecule has 19 heavy (non-hydrogen) atoms. The van der Waals surface area contributed by atoms with Gasteiger partial charge in [0, 0.05) is 23.1 Å². The van der Waals surface area contributed by atoms with Gasteiger partial charge in [0.15, 0.2) is 5.82 Å². The summed E-state index contributed by atoms with van der Waals surface area (Å²) in [6.45, 7) is 0. The highest BCUT2D eigenvalue weighted by Gasteiger charge is 2.37. The number of H-pyrrole nitrogens is 1. The van der Waals surface area contributed by atoms with Crippen LogP contribution in [0, 0.1) is 17.6 Å². The van der Waals surface area contributed by atoms with E-state index in [-0.39, 0.29) is 23.4 Å². The van der Waals surface area contributed by atoms with Crippen molar-refractivity contribution >= 4 is 16.9 Å². The number of carbonyl (C=O) groups is 1. The number of benzene rings is 1. The highest BCUT2D eigenvalue weighted by Crippen LogP contribution is 2.46. The number of nitrogens with one attached hydrogen (secondary N) is 1. The normalized spacial score (nSPS) is 16.7. The number of aromatic nitrogens is 1. The van der Waals surface area contributed by atoms with Gasteiger partial charge < -0.3 is 10.1 Å². The van der Waals surface area contributed by atoms with E-state index in [1.807, 2.05) is 0 Å². The quantitative estimate of drug-likeness (QED) is 0.890. The zero-order valence-corrected chi connectivity index (χ0v) is 10.1. The number of hydrogen-bond acceptors (Lipinski definition) is 1. The van der Waals surface area contributed by atoms with E-state index >= 15 is 0 Å². The lowest BCUT2D eigenvalue weighted by Gasteiger charge is -2.16. The van der Waals surface area contributed by atoms with E-state index in [0.29, 0.717) is 5.39 Å². The predicted molar refractivity (Wildman–Crippen MR) is 65.9 cm³/mol. The highest BCUT2D eigenvalue weighted by molar-refractivity contribution is 5.81. The molecule has 100 valence electrons. The van der Waals surface area contributed by atoms with Crippen molar-refractivity contribution in [2.75, 3.05) is 0 Å². The Hall–Kier alpha value is -1.91. The number of carboxylic acid groups (broad SMARTS) is 1. The average molecular weight is 265 g/mol. The third-order valence-corrected chi connectivity index (χ3v) is 3.73. The monoisotopic (exact) mass is 265 g/mol. The van der Waals surface area contributed by atoms with Crippen LogP contribution in [0.5, 0.6) is 0 Å². The first-order valence-corrected chi connectivity index (χ1v) is 6.24. The molecule has 1 fully saturated rings. The Kier molecular flexibility index (Phi) is 2.77. The topological polar surface area (TPSA) is 53.1 Å². The number of rotatable bonds is 4. The van der Waals surface area contributed by atoms with Crippen LogP contribution in [0.4, 0.5) is 8.78 Å². The van der Waals surface area contributed by atoms with Gasteiger partial charge in [0.1, 0.15) is 5.82 Å². The third-order valence-electron chi connectivity index (χ3n) is 3.73. The standard InChI is InChI=1S/C14H13F2NO2/c15-10-5-8-3-4-17-14(8)13(16)12(10)9(6-11(18)19)7-1-2-7/h3-5,7,9,17H,1-2,6H2,(H,18,19). The molecule has 1 heterocycles. The molecule has 1 aromatic carbocycles. The summed E-state index contributed by atoms with van der Waals surface area (Å²) in [7, 11) is 0. The summed E-state index contributed by atoms with van der Waals surface area (Å²) in [5.41, 5.74) is 0.160. The summed E-state index contributed by atoms with van der Waals surface area (Å²) in [5.74, 6) is -2.83. The van der Waals surface area contributed by atoms with Crippen molar-refractivity contribution in [3.05, 3.63) is 35.5 Å². The molecule has 5 heteroatoms. The molecule has 0 aliphatic heterocycles. The molecule has 0 spiro atoms. The first kappa shape index (κ1) is 12.1. The van der Waals surface area contributed by atoms with Gasteiger partial charge in [0.25, 0.3) is 0 Å². The second kappa shape index (κ2) is 4.33. The summed E-state index contributed by atoms with van der Waals surface area (Å²) >= 11 is 0. The highest BCUT2D eigenvalue weighted by atomic mass is 19.1. The van der Waals surface area contributed by atoms with Crippen LogP contribution in [-0.4, -0.2) is 16.1 Å². The van der Waals surface area contributed by atoms with Gasteiger partial charge in [-0.2, -0.15) is 0 Å². The van der Waals surface area contributed by atoms with Crippen LogP contribution in [0.15, 0.2) is 18.3 Å². The molecule has 0 radical (unpaired) electrons. The minimum absolute atomic E-state index is 0.0764. The zero-order valence-electron chi connectivity index (χ0n) is 10.1. The molecule has 1 atom stereocenters. The van der Waals surface area contributed by atoms with E-state index in [9.17, 15) is 13.6 Å². The van der Waals surface area contributed by atoms with E-state index in [0.717, 1.165) is 12.8 Å². The van der Waals surface area contributed by atoms with Crippen molar-refractivity contribution in [3.63, 3.8) is 0 Å². The lowest BCUT2D eigenvalue weighted by molar-refractivity contribution is -0.137. The first-order chi connectivity index (χ1) is 9.08. The van der Waals surface area contributed by atoms with Crippen LogP contribution in [0.1, 0.15) is 30.7 Å². The van der Waals surface area contributed by atoms with Crippen molar-refractivity contribution in [2.45, 2.75) is 25.2 Å². The minimum atomic E-state index is -1.03. The Morgan fingerprint density at radius 3 is 2.84 bits per heavy atom. The molecule has 1 saturated carbocycles. The van der Waals surface area contributed by atoms with Gasteiger partial charge >= 0.3 is 5.97 Å². The van der Waals surface area contributed by atoms with Crippen LogP contribution in [0.25, 0.3) is 10.9 Å². The first-order valence-electron chi connectivity index (χ1n) is 6.24. The summed E-state index contributed by atoms with van der Waals surface area (Å²) < 4.78 is 28.5. The summed E-state index contributed by atoms with van der Waals surface area (Å²) in [4.78, 5) is 13.6. The molecule has 1 unspecified atom stereocenters. The Balaban J connectivity index is 2.13. The lowest BCUT2D eigenvalue weighted by atomic mass is 9.89. The molecule has 3 rings (SSSR count). The van der Waals surface area contributed by atoms with Gasteiger partial charge in [-0.3, -0.25) is 4.79 Å². The number of halogens is 2. The number of fused-ring (bicyclic) bond motifs is 1. The van der Waals surface area contributed by atoms with Gasteiger partial charge in [-0.1, -0.05) is 0 Å². The number of carboxylic acids is 1. The summed E-state index contributed by atoms with van der Waals surface area (Å²) in [6.07, 6.45) is 2.98. The smallest absolute Gasteiger partial charge is 0.303 e. The van der Waals surface area contributed by atoms with Crippen molar-refractivity contribution in [1.82, 2.24) is 4.98 Å². The van der Waals surface area contributed by atoms with Gasteiger partial charge in [-0.15, -0.1) is 0 Å². The lowest BCUT2D eigenvalue weighted by Crippen LogP contribution is -2.12. The molecule has 1 aliphatic carbocycles. The van der Waals surface area contributed by atoms with Gasteiger partial charge in [-0.25, -0.2) is 8.78 Å². The fourth-order valence-electron chi connectivity index (χ4n) is 2.68. The Morgan fingerprint density at radius 2 is 2.21 bits per heavy atom. The van der Waals surface area contributed by atoms with Crippen LogP contribution >= 0.6 is 0 Å². The van der Waals surface area contributed by atoms with Gasteiger partial charge in [0.05, 0.1) is 11.9 Å². The Morgan fingerprint density at radius 1 is 1.47 bits per heavy atom. The second-order valence-electron chi connectivity index (χ2n) is 5.07. The molecule has 0 bridgehead atoms. The number of hydrogen-bond donors (Lipinski definition) is 2. The maximum atomic E-state index is 14.4. The molecule has 2 aromatic rings. The fraction of sp³-hybridized carbons (Fsp3) is 0.357. The molecule has 1 aliphatic rings. The van der Waals surface area contributed by atoms with Gasteiger partial charge in [-0.05, 0) is 30.9 Å². The van der Waals surface area contributed by atoms with Crippen molar-refractivity contribution in [3.8, 4) is 0 Å². The van der Waals surface area contributed by atoms with Crippen molar-refractivity contribution in [2.24, 2.45) is 5.92 Å². The van der Waals surface area contributed by atoms with E-state index in [1.54, 1.807) is 12.3 Å². The summed E-state index contributed by atoms with van der Waals surface area (Å²) in [6, 6.07) is 2.86. The SMILES string of the molecule is O=C(O)CC(c1c(F)cc2cc[nH]c2c1F)C1CC1. The Labute approximate surface area is 108 Å². The molecular formula is C14H13F2NO2. The van der Waals surface area contributed by atoms with Crippen molar-refractivity contribution < 1.29 is 18.7 Å². The van der Waals surface area contributed by atoms with Crippen LogP contribution < -0.4 is 0 Å². The fourth-order valence-corrected chi connectivity index (χ4v) is 2.68. The van der Waals surface area contributed by atoms with E-state index < -0.39 is 23.5 Å². The largest absolute Gasteiger partial charge is 0.481 e. The molecule has 0 amide bonds. The number of aliphatic carboxylic acids is 1. The van der Waals surface area contributed by atoms with Crippen LogP contribution in [0.2, 0.25) is 0 Å². The Bertz CT molecular complexity index is 646. The summed E-state index contributed by atoms with van der Waals surface area (Å²) in [5, 5.41) is 9.39. The second-order valence-corrected chi connectivity index (χ2v) is 5.07.